The minimum Gasteiger partial charge on any atom is -0.376 e. The maximum Gasteiger partial charge on any atom is 0.416 e. The van der Waals surface area contributed by atoms with Gasteiger partial charge in [0.25, 0.3) is 0 Å². The Bertz CT molecular complexity index is 704. The van der Waals surface area contributed by atoms with Crippen molar-refractivity contribution in [1.82, 2.24) is 4.90 Å². The topological polar surface area (TPSA) is 24.8 Å². The number of ether oxygens (including phenoxy) is 1. The Kier molecular flexibility index (Phi) is 4.10. The van der Waals surface area contributed by atoms with Gasteiger partial charge in [0.2, 0.25) is 0 Å². The van der Waals surface area contributed by atoms with E-state index in [2.05, 4.69) is 16.8 Å². The van der Waals surface area contributed by atoms with Gasteiger partial charge in [-0.1, -0.05) is 12.1 Å². The molecule has 0 bridgehead atoms. The third-order valence-electron chi connectivity index (χ3n) is 5.43. The molecule has 3 aliphatic rings. The lowest BCUT2D eigenvalue weighted by Crippen LogP contribution is -2.42. The van der Waals surface area contributed by atoms with E-state index in [0.29, 0.717) is 31.8 Å². The van der Waals surface area contributed by atoms with E-state index in [1.54, 1.807) is 12.1 Å². The molecular weight excluding hydrogens is 329 g/mol. The van der Waals surface area contributed by atoms with Crippen molar-refractivity contribution < 1.29 is 17.9 Å². The molecule has 0 amide bonds. The van der Waals surface area contributed by atoms with Gasteiger partial charge < -0.3 is 9.64 Å². The van der Waals surface area contributed by atoms with E-state index in [1.165, 1.54) is 18.5 Å². The highest BCUT2D eigenvalue weighted by Gasteiger charge is 2.38. The number of benzene rings is 1. The summed E-state index contributed by atoms with van der Waals surface area (Å²) in [6, 6.07) is 5.89. The van der Waals surface area contributed by atoms with Gasteiger partial charge in [0, 0.05) is 29.4 Å². The predicted octanol–water partition coefficient (Wildman–Crippen LogP) is 4.22. The summed E-state index contributed by atoms with van der Waals surface area (Å²) in [5.74, 6) is 0.650. The second kappa shape index (κ2) is 6.16. The van der Waals surface area contributed by atoms with Gasteiger partial charge in [-0.15, -0.1) is 0 Å². The summed E-state index contributed by atoms with van der Waals surface area (Å²) in [6.45, 7) is 3.85. The molecule has 0 N–H and O–H groups in total. The molecular formula is C19H21F3N2O. The largest absolute Gasteiger partial charge is 0.416 e. The molecule has 3 nitrogen and oxygen atoms in total. The highest BCUT2D eigenvalue weighted by molar-refractivity contribution is 5.81. The van der Waals surface area contributed by atoms with Gasteiger partial charge in [0.1, 0.15) is 6.67 Å². The minimum atomic E-state index is -4.31. The molecule has 1 unspecified atom stereocenters. The summed E-state index contributed by atoms with van der Waals surface area (Å²) in [5, 5.41) is 0. The Labute approximate surface area is 145 Å². The molecule has 2 heterocycles. The van der Waals surface area contributed by atoms with Crippen molar-refractivity contribution in [3.63, 3.8) is 0 Å². The fraction of sp³-hybridized carbons (Fsp3) is 0.526. The second-order valence-electron chi connectivity index (χ2n) is 7.10. The van der Waals surface area contributed by atoms with Gasteiger partial charge in [-0.05, 0) is 43.4 Å². The van der Waals surface area contributed by atoms with Crippen LogP contribution >= 0.6 is 0 Å². The Hall–Kier alpha value is -1.82. The monoisotopic (exact) mass is 350 g/mol. The molecule has 1 saturated carbocycles. The number of hydrogen-bond donors (Lipinski definition) is 0. The van der Waals surface area contributed by atoms with Crippen molar-refractivity contribution >= 4 is 6.21 Å². The first-order chi connectivity index (χ1) is 11.9. The smallest absolute Gasteiger partial charge is 0.376 e. The third-order valence-corrected chi connectivity index (χ3v) is 5.43. The molecule has 1 aromatic rings. The lowest BCUT2D eigenvalue weighted by Gasteiger charge is -2.41. The summed E-state index contributed by atoms with van der Waals surface area (Å²) < 4.78 is 44.2. The van der Waals surface area contributed by atoms with Crippen molar-refractivity contribution in [1.29, 1.82) is 0 Å². The van der Waals surface area contributed by atoms with E-state index in [4.69, 9.17) is 4.74 Å². The summed E-state index contributed by atoms with van der Waals surface area (Å²) in [5.41, 5.74) is 2.48. The first kappa shape index (κ1) is 16.6. The van der Waals surface area contributed by atoms with Gasteiger partial charge >= 0.3 is 6.18 Å². The summed E-state index contributed by atoms with van der Waals surface area (Å²) in [4.78, 5) is 6.79. The fourth-order valence-electron chi connectivity index (χ4n) is 3.81. The predicted molar refractivity (Wildman–Crippen MR) is 89.4 cm³/mol. The molecule has 0 radical (unpaired) electrons. The zero-order valence-corrected chi connectivity index (χ0v) is 14.1. The zero-order chi connectivity index (χ0) is 17.6. The number of aliphatic imine (C=N–C) groups is 1. The van der Waals surface area contributed by atoms with Gasteiger partial charge in [0.05, 0.1) is 18.8 Å². The summed E-state index contributed by atoms with van der Waals surface area (Å²) in [6.07, 6.45) is 0.0363. The fourth-order valence-corrected chi connectivity index (χ4v) is 3.81. The van der Waals surface area contributed by atoms with E-state index in [-0.39, 0.29) is 5.92 Å². The zero-order valence-electron chi connectivity index (χ0n) is 14.1. The van der Waals surface area contributed by atoms with Crippen molar-refractivity contribution in [3.05, 3.63) is 46.7 Å². The van der Waals surface area contributed by atoms with E-state index in [9.17, 15) is 13.2 Å². The molecule has 4 rings (SSSR count). The molecule has 134 valence electrons. The van der Waals surface area contributed by atoms with Crippen LogP contribution in [0, 0.1) is 5.92 Å². The van der Waals surface area contributed by atoms with Crippen LogP contribution in [0.2, 0.25) is 0 Å². The molecule has 1 fully saturated rings. The maximum absolute atomic E-state index is 12.8. The number of rotatable bonds is 3. The van der Waals surface area contributed by atoms with Gasteiger partial charge in [-0.25, -0.2) is 0 Å². The summed E-state index contributed by atoms with van der Waals surface area (Å²) >= 11 is 0. The molecule has 25 heavy (non-hydrogen) atoms. The van der Waals surface area contributed by atoms with Crippen LogP contribution in [0.1, 0.15) is 36.8 Å². The van der Waals surface area contributed by atoms with Crippen molar-refractivity contribution in [2.75, 3.05) is 19.9 Å². The van der Waals surface area contributed by atoms with Crippen LogP contribution in [0.25, 0.3) is 0 Å². The third kappa shape index (κ3) is 3.19. The van der Waals surface area contributed by atoms with Crippen LogP contribution < -0.4 is 0 Å². The van der Waals surface area contributed by atoms with Crippen LogP contribution in [0.4, 0.5) is 13.2 Å². The minimum absolute atomic E-state index is 0.0426. The molecule has 1 aliphatic carbocycles. The van der Waals surface area contributed by atoms with Crippen LogP contribution in [0.15, 0.2) is 40.5 Å². The van der Waals surface area contributed by atoms with Gasteiger partial charge in [-0.2, -0.15) is 13.2 Å². The van der Waals surface area contributed by atoms with Crippen molar-refractivity contribution in [3.8, 4) is 0 Å². The molecule has 2 atom stereocenters. The average Bonchev–Trinajstić information content (AvgIpc) is 3.44. The van der Waals surface area contributed by atoms with E-state index in [1.807, 2.05) is 6.21 Å². The van der Waals surface area contributed by atoms with Gasteiger partial charge in [0.15, 0.2) is 0 Å². The molecule has 6 heteroatoms. The van der Waals surface area contributed by atoms with Crippen molar-refractivity contribution in [2.24, 2.45) is 10.9 Å². The van der Waals surface area contributed by atoms with E-state index in [0.717, 1.165) is 23.3 Å². The molecule has 0 saturated heterocycles. The van der Waals surface area contributed by atoms with Crippen molar-refractivity contribution in [2.45, 2.75) is 37.9 Å². The molecule has 1 aromatic carbocycles. The number of nitrogens with zero attached hydrogens (tertiary/aromatic N) is 2. The molecule has 0 aromatic heterocycles. The second-order valence-corrected chi connectivity index (χ2v) is 7.10. The standard InChI is InChI=1S/C19H21F3N2O/c1-12(13-2-3-13)24-11-23-8-15-9-25-10-17(18(15)24)14-4-6-16(7-5-14)19(20,21)22/h4-8,12-13,17H,2-3,9-11H2,1H3/t12-,17?/m1/s1. The Morgan fingerprint density at radius 3 is 2.56 bits per heavy atom. The highest BCUT2D eigenvalue weighted by atomic mass is 19.4. The lowest BCUT2D eigenvalue weighted by atomic mass is 9.89. The van der Waals surface area contributed by atoms with Crippen LogP contribution in [0.3, 0.4) is 0 Å². The Balaban J connectivity index is 1.67. The van der Waals surface area contributed by atoms with E-state index >= 15 is 0 Å². The molecule has 0 spiro atoms. The number of halogens is 3. The lowest BCUT2D eigenvalue weighted by molar-refractivity contribution is -0.137. The van der Waals surface area contributed by atoms with E-state index < -0.39 is 11.7 Å². The number of hydrogen-bond acceptors (Lipinski definition) is 3. The maximum atomic E-state index is 12.8. The first-order valence-electron chi connectivity index (χ1n) is 8.69. The highest BCUT2D eigenvalue weighted by Crippen LogP contribution is 2.42. The Morgan fingerprint density at radius 2 is 1.92 bits per heavy atom. The van der Waals surface area contributed by atoms with Crippen LogP contribution in [0.5, 0.6) is 0 Å². The van der Waals surface area contributed by atoms with Crippen LogP contribution in [-0.4, -0.2) is 37.0 Å². The average molecular weight is 350 g/mol. The van der Waals surface area contributed by atoms with Gasteiger partial charge in [-0.3, -0.25) is 4.99 Å². The van der Waals surface area contributed by atoms with Crippen LogP contribution in [-0.2, 0) is 10.9 Å². The number of alkyl halides is 3. The normalized spacial score (nSPS) is 25.1. The quantitative estimate of drug-likeness (QED) is 0.816. The SMILES string of the molecule is C[C@H](C1CC1)N1CN=CC2=C1C(c1ccc(C(F)(F)F)cc1)COC2. The summed E-state index contributed by atoms with van der Waals surface area (Å²) in [7, 11) is 0. The first-order valence-corrected chi connectivity index (χ1v) is 8.69. The molecule has 2 aliphatic heterocycles. The Morgan fingerprint density at radius 1 is 1.20 bits per heavy atom.